The summed E-state index contributed by atoms with van der Waals surface area (Å²) in [7, 11) is 0. The Morgan fingerprint density at radius 1 is 0.800 bits per heavy atom. The number of hydrogen-bond donors (Lipinski definition) is 0. The number of fused-ring (bicyclic) bond motifs is 1. The third-order valence-electron chi connectivity index (χ3n) is 3.86. The first-order valence-electron chi connectivity index (χ1n) is 8.99. The van der Waals surface area contributed by atoms with Crippen LogP contribution in [0.1, 0.15) is 44.2 Å². The minimum absolute atomic E-state index is 0. The van der Waals surface area contributed by atoms with Gasteiger partial charge in [0.05, 0.1) is 33.0 Å². The molecular weight excluding hydrogens is 331 g/mol. The van der Waals surface area contributed by atoms with Crippen molar-refractivity contribution >= 4 is 29.6 Å². The van der Waals surface area contributed by atoms with Crippen molar-refractivity contribution in [3.05, 3.63) is 23.3 Å². The van der Waals surface area contributed by atoms with Gasteiger partial charge in [-0.25, -0.2) is 0 Å². The topological polar surface area (TPSA) is 46.2 Å². The van der Waals surface area contributed by atoms with E-state index in [2.05, 4.69) is 19.9 Å². The zero-order chi connectivity index (χ0) is 17.0. The molecule has 0 N–H and O–H groups in total. The van der Waals surface area contributed by atoms with E-state index in [9.17, 15) is 0 Å². The van der Waals surface area contributed by atoms with E-state index in [1.54, 1.807) is 0 Å². The van der Waals surface area contributed by atoms with Gasteiger partial charge in [-0.1, -0.05) is 26.7 Å². The van der Waals surface area contributed by atoms with Crippen molar-refractivity contribution in [2.75, 3.05) is 39.8 Å². The summed E-state index contributed by atoms with van der Waals surface area (Å²) in [5.41, 5.74) is 2.44. The molecule has 0 saturated carbocycles. The van der Waals surface area contributed by atoms with Crippen LogP contribution in [0, 0.1) is 0 Å². The van der Waals surface area contributed by atoms with Crippen molar-refractivity contribution in [2.45, 2.75) is 46.1 Å². The molecule has 0 aromatic heterocycles. The monoisotopic (exact) mass is 362 g/mol. The Kier molecular flexibility index (Phi) is 12.6. The fraction of sp³-hybridized carbons (Fsp3) is 0.684. The van der Waals surface area contributed by atoms with Gasteiger partial charge in [0.15, 0.2) is 11.5 Å². The van der Waals surface area contributed by atoms with Crippen LogP contribution in [-0.4, -0.2) is 69.4 Å². The molecule has 0 radical (unpaired) electrons. The van der Waals surface area contributed by atoms with Crippen LogP contribution in [-0.2, 0) is 27.2 Å². The van der Waals surface area contributed by atoms with Gasteiger partial charge in [0.2, 0.25) is 6.79 Å². The predicted octanol–water partition coefficient (Wildman–Crippen LogP) is 3.07. The van der Waals surface area contributed by atoms with Crippen molar-refractivity contribution in [1.29, 1.82) is 0 Å². The van der Waals surface area contributed by atoms with Gasteiger partial charge < -0.3 is 23.7 Å². The Morgan fingerprint density at radius 3 is 2.04 bits per heavy atom. The number of aryl methyl sites for hydroxylation is 1. The third kappa shape index (κ3) is 8.29. The summed E-state index contributed by atoms with van der Waals surface area (Å²) in [4.78, 5) is 0. The molecule has 1 aromatic rings. The molecule has 1 aromatic carbocycles. The van der Waals surface area contributed by atoms with Crippen LogP contribution in [0.25, 0.3) is 0 Å². The summed E-state index contributed by atoms with van der Waals surface area (Å²) in [6.07, 6.45) is 4.38. The van der Waals surface area contributed by atoms with Crippen LogP contribution < -0.4 is 9.47 Å². The molecule has 1 aliphatic rings. The molecule has 0 spiro atoms. The van der Waals surface area contributed by atoms with Crippen LogP contribution in [0.15, 0.2) is 12.1 Å². The SMILES string of the molecule is CCCCOCCOCCOCc1cc2c(cc1CCC)OCO2.[NaH]. The molecule has 0 aliphatic carbocycles. The fourth-order valence-electron chi connectivity index (χ4n) is 2.53. The van der Waals surface area contributed by atoms with Crippen LogP contribution in [0.5, 0.6) is 11.5 Å². The quantitative estimate of drug-likeness (QED) is 0.399. The summed E-state index contributed by atoms with van der Waals surface area (Å²) in [6, 6.07) is 4.12. The molecule has 6 heteroatoms. The van der Waals surface area contributed by atoms with Crippen molar-refractivity contribution in [3.8, 4) is 11.5 Å². The van der Waals surface area contributed by atoms with E-state index in [0.29, 0.717) is 39.8 Å². The van der Waals surface area contributed by atoms with E-state index < -0.39 is 0 Å². The second-order valence-electron chi connectivity index (χ2n) is 5.86. The first kappa shape index (κ1) is 22.7. The van der Waals surface area contributed by atoms with E-state index in [0.717, 1.165) is 43.8 Å². The Morgan fingerprint density at radius 2 is 1.40 bits per heavy atom. The average molecular weight is 362 g/mol. The van der Waals surface area contributed by atoms with Crippen LogP contribution in [0.4, 0.5) is 0 Å². The normalized spacial score (nSPS) is 12.2. The summed E-state index contributed by atoms with van der Waals surface area (Å²) in [5.74, 6) is 1.66. The van der Waals surface area contributed by atoms with Crippen molar-refractivity contribution in [2.24, 2.45) is 0 Å². The Balaban J connectivity index is 0.00000312. The molecule has 0 bridgehead atoms. The molecule has 0 saturated heterocycles. The van der Waals surface area contributed by atoms with Gasteiger partial charge in [-0.15, -0.1) is 0 Å². The summed E-state index contributed by atoms with van der Waals surface area (Å²) in [5, 5.41) is 0. The van der Waals surface area contributed by atoms with E-state index in [4.69, 9.17) is 23.7 Å². The van der Waals surface area contributed by atoms with Gasteiger partial charge in [-0.3, -0.25) is 0 Å². The van der Waals surface area contributed by atoms with E-state index in [-0.39, 0.29) is 29.6 Å². The summed E-state index contributed by atoms with van der Waals surface area (Å²) in [6.45, 7) is 8.47. The maximum absolute atomic E-state index is 5.75. The zero-order valence-electron chi connectivity index (χ0n) is 15.0. The van der Waals surface area contributed by atoms with E-state index in [1.165, 1.54) is 11.1 Å². The average Bonchev–Trinajstić information content (AvgIpc) is 3.04. The first-order valence-corrected chi connectivity index (χ1v) is 8.99. The fourth-order valence-corrected chi connectivity index (χ4v) is 2.53. The maximum atomic E-state index is 5.75. The number of ether oxygens (including phenoxy) is 5. The minimum atomic E-state index is 0. The molecule has 1 aliphatic heterocycles. The van der Waals surface area contributed by atoms with Gasteiger partial charge in [0, 0.05) is 6.61 Å². The Hall–Kier alpha value is -0.300. The van der Waals surface area contributed by atoms with Crippen molar-refractivity contribution in [1.82, 2.24) is 0 Å². The Labute approximate surface area is 173 Å². The number of hydrogen-bond acceptors (Lipinski definition) is 5. The molecule has 2 rings (SSSR count). The zero-order valence-corrected chi connectivity index (χ0v) is 15.0. The van der Waals surface area contributed by atoms with Crippen LogP contribution in [0.3, 0.4) is 0 Å². The molecule has 0 fully saturated rings. The number of rotatable bonds is 13. The van der Waals surface area contributed by atoms with Gasteiger partial charge in [-0.2, -0.15) is 0 Å². The van der Waals surface area contributed by atoms with Gasteiger partial charge in [-0.05, 0) is 36.1 Å². The third-order valence-corrected chi connectivity index (χ3v) is 3.86. The van der Waals surface area contributed by atoms with Gasteiger partial charge >= 0.3 is 29.6 Å². The summed E-state index contributed by atoms with van der Waals surface area (Å²) >= 11 is 0. The van der Waals surface area contributed by atoms with Crippen LogP contribution in [0.2, 0.25) is 0 Å². The molecule has 5 nitrogen and oxygen atoms in total. The molecule has 0 amide bonds. The number of benzene rings is 1. The molecule has 0 unspecified atom stereocenters. The molecule has 0 atom stereocenters. The molecule has 138 valence electrons. The van der Waals surface area contributed by atoms with Gasteiger partial charge in [0.25, 0.3) is 0 Å². The van der Waals surface area contributed by atoms with Crippen LogP contribution >= 0.6 is 0 Å². The second kappa shape index (κ2) is 13.8. The Bertz CT molecular complexity index is 481. The predicted molar refractivity (Wildman–Crippen MR) is 99.9 cm³/mol. The van der Waals surface area contributed by atoms with Crippen molar-refractivity contribution in [3.63, 3.8) is 0 Å². The molecule has 25 heavy (non-hydrogen) atoms. The van der Waals surface area contributed by atoms with Gasteiger partial charge in [0.1, 0.15) is 0 Å². The first-order chi connectivity index (χ1) is 11.8. The van der Waals surface area contributed by atoms with Crippen molar-refractivity contribution < 1.29 is 23.7 Å². The standard InChI is InChI=1S/C19H30O5.Na.H/c1-3-5-7-20-8-9-21-10-11-22-14-17-13-19-18(23-15-24-19)12-16(17)6-4-2;;/h12-13H,3-11,14-15H2,1-2H3;;. The second-order valence-corrected chi connectivity index (χ2v) is 5.86. The number of unbranched alkanes of at least 4 members (excludes halogenated alkanes) is 1. The summed E-state index contributed by atoms with van der Waals surface area (Å²) < 4.78 is 27.6. The van der Waals surface area contributed by atoms with E-state index >= 15 is 0 Å². The molecular formula is C19H31NaO5. The molecule has 1 heterocycles. The van der Waals surface area contributed by atoms with E-state index in [1.807, 2.05) is 6.07 Å².